The van der Waals surface area contributed by atoms with Gasteiger partial charge in [0.15, 0.2) is 5.69 Å². The Hall–Kier alpha value is -2.68. The SMILES string of the molecule is Cc1cc(C(=O)N2CC[C@@](C)(O)[C@H](n3cc(C)c(=O)[nH]c3=O)C2)no1. The smallest absolute Gasteiger partial charge is 0.328 e. The van der Waals surface area contributed by atoms with Crippen molar-refractivity contribution < 1.29 is 14.4 Å². The van der Waals surface area contributed by atoms with Gasteiger partial charge >= 0.3 is 5.69 Å². The van der Waals surface area contributed by atoms with Crippen molar-refractivity contribution in [1.82, 2.24) is 19.6 Å². The molecule has 0 bridgehead atoms. The molecule has 3 heterocycles. The Kier molecular flexibility index (Phi) is 4.11. The van der Waals surface area contributed by atoms with E-state index in [1.165, 1.54) is 15.7 Å². The van der Waals surface area contributed by atoms with Crippen molar-refractivity contribution in [3.05, 3.63) is 50.1 Å². The van der Waals surface area contributed by atoms with Crippen molar-refractivity contribution in [3.63, 3.8) is 0 Å². The van der Waals surface area contributed by atoms with Crippen LogP contribution in [0.15, 0.2) is 26.4 Å². The van der Waals surface area contributed by atoms with Crippen LogP contribution in [0.2, 0.25) is 0 Å². The molecule has 25 heavy (non-hydrogen) atoms. The molecule has 2 N–H and O–H groups in total. The number of hydrogen-bond donors (Lipinski definition) is 2. The minimum absolute atomic E-state index is 0.114. The van der Waals surface area contributed by atoms with Crippen LogP contribution in [0.25, 0.3) is 0 Å². The number of hydrogen-bond acceptors (Lipinski definition) is 6. The van der Waals surface area contributed by atoms with E-state index in [4.69, 9.17) is 4.52 Å². The molecule has 0 aliphatic carbocycles. The van der Waals surface area contributed by atoms with Gasteiger partial charge in [-0.15, -0.1) is 0 Å². The zero-order valence-electron chi connectivity index (χ0n) is 14.3. The molecule has 3 rings (SSSR count). The van der Waals surface area contributed by atoms with E-state index in [1.807, 2.05) is 0 Å². The summed E-state index contributed by atoms with van der Waals surface area (Å²) in [5, 5.41) is 14.4. The van der Waals surface area contributed by atoms with Crippen molar-refractivity contribution in [1.29, 1.82) is 0 Å². The normalized spacial score (nSPS) is 23.7. The lowest BCUT2D eigenvalue weighted by molar-refractivity contribution is -0.0461. The van der Waals surface area contributed by atoms with Crippen LogP contribution in [0.3, 0.4) is 0 Å². The number of aryl methyl sites for hydroxylation is 2. The first-order valence-corrected chi connectivity index (χ1v) is 7.96. The number of rotatable bonds is 2. The molecule has 1 amide bonds. The number of carbonyl (C=O) groups excluding carboxylic acids is 1. The summed E-state index contributed by atoms with van der Waals surface area (Å²) < 4.78 is 6.22. The lowest BCUT2D eigenvalue weighted by Gasteiger charge is -2.43. The molecule has 0 aromatic carbocycles. The van der Waals surface area contributed by atoms with Gasteiger partial charge in [0.25, 0.3) is 11.5 Å². The van der Waals surface area contributed by atoms with E-state index in [-0.39, 0.29) is 24.6 Å². The number of aliphatic hydroxyl groups is 1. The number of aromatic nitrogens is 3. The number of nitrogens with one attached hydrogen (secondary N) is 1. The molecule has 0 unspecified atom stereocenters. The fourth-order valence-corrected chi connectivity index (χ4v) is 3.04. The van der Waals surface area contributed by atoms with Gasteiger partial charge < -0.3 is 14.5 Å². The molecule has 0 radical (unpaired) electrons. The maximum atomic E-state index is 12.6. The Bertz CT molecular complexity index is 923. The third-order valence-corrected chi connectivity index (χ3v) is 4.61. The maximum Gasteiger partial charge on any atom is 0.328 e. The predicted molar refractivity (Wildman–Crippen MR) is 87.5 cm³/mol. The summed E-state index contributed by atoms with van der Waals surface area (Å²) in [5.74, 6) is 0.197. The average molecular weight is 348 g/mol. The van der Waals surface area contributed by atoms with E-state index < -0.39 is 22.9 Å². The van der Waals surface area contributed by atoms with Crippen LogP contribution in [0.5, 0.6) is 0 Å². The summed E-state index contributed by atoms with van der Waals surface area (Å²) in [6.45, 7) is 5.32. The number of amides is 1. The first-order chi connectivity index (χ1) is 11.7. The lowest BCUT2D eigenvalue weighted by Crippen LogP contribution is -2.55. The second kappa shape index (κ2) is 5.99. The van der Waals surface area contributed by atoms with Gasteiger partial charge in [-0.1, -0.05) is 5.16 Å². The maximum absolute atomic E-state index is 12.6. The highest BCUT2D eigenvalue weighted by molar-refractivity contribution is 5.92. The first kappa shape index (κ1) is 17.2. The van der Waals surface area contributed by atoms with E-state index in [1.54, 1.807) is 26.8 Å². The van der Waals surface area contributed by atoms with Gasteiger partial charge in [0.2, 0.25) is 0 Å². The number of aromatic amines is 1. The zero-order valence-corrected chi connectivity index (χ0v) is 14.3. The van der Waals surface area contributed by atoms with Gasteiger partial charge in [-0.25, -0.2) is 4.79 Å². The highest BCUT2D eigenvalue weighted by Crippen LogP contribution is 2.31. The molecular weight excluding hydrogens is 328 g/mol. The van der Waals surface area contributed by atoms with Crippen LogP contribution in [0.1, 0.15) is 41.2 Å². The Morgan fingerprint density at radius 3 is 2.80 bits per heavy atom. The minimum Gasteiger partial charge on any atom is -0.388 e. The second-order valence-corrected chi connectivity index (χ2v) is 6.68. The molecule has 9 heteroatoms. The van der Waals surface area contributed by atoms with Crippen LogP contribution in [-0.2, 0) is 0 Å². The summed E-state index contributed by atoms with van der Waals surface area (Å²) >= 11 is 0. The topological polar surface area (TPSA) is 121 Å². The van der Waals surface area contributed by atoms with Crippen LogP contribution in [0.4, 0.5) is 0 Å². The molecule has 2 aromatic heterocycles. The summed E-state index contributed by atoms with van der Waals surface area (Å²) in [6, 6.07) is 0.849. The molecule has 2 aromatic rings. The first-order valence-electron chi connectivity index (χ1n) is 7.96. The monoisotopic (exact) mass is 348 g/mol. The molecular formula is C16H20N4O5. The molecule has 0 spiro atoms. The Labute approximate surface area is 142 Å². The quantitative estimate of drug-likeness (QED) is 0.787. The van der Waals surface area contributed by atoms with Crippen LogP contribution in [-0.4, -0.2) is 49.3 Å². The molecule has 1 aliphatic heterocycles. The molecule has 2 atom stereocenters. The largest absolute Gasteiger partial charge is 0.388 e. The molecule has 1 saturated heterocycles. The van der Waals surface area contributed by atoms with Gasteiger partial charge in [-0.3, -0.25) is 19.1 Å². The van der Waals surface area contributed by atoms with Gasteiger partial charge in [-0.05, 0) is 27.2 Å². The summed E-state index contributed by atoms with van der Waals surface area (Å²) in [6.07, 6.45) is 1.69. The third kappa shape index (κ3) is 3.14. The highest BCUT2D eigenvalue weighted by Gasteiger charge is 2.41. The molecule has 134 valence electrons. The van der Waals surface area contributed by atoms with Crippen molar-refractivity contribution >= 4 is 5.91 Å². The van der Waals surface area contributed by atoms with Gasteiger partial charge in [-0.2, -0.15) is 0 Å². The molecule has 1 fully saturated rings. The Morgan fingerprint density at radius 2 is 2.16 bits per heavy atom. The van der Waals surface area contributed by atoms with E-state index in [0.29, 0.717) is 17.9 Å². The van der Waals surface area contributed by atoms with Crippen LogP contribution in [0, 0.1) is 13.8 Å². The lowest BCUT2D eigenvalue weighted by atomic mass is 9.88. The van der Waals surface area contributed by atoms with Crippen LogP contribution < -0.4 is 11.2 Å². The summed E-state index contributed by atoms with van der Waals surface area (Å²) in [7, 11) is 0. The fraction of sp³-hybridized carbons (Fsp3) is 0.500. The Morgan fingerprint density at radius 1 is 1.44 bits per heavy atom. The number of likely N-dealkylation sites (tertiary alicyclic amines) is 1. The standard InChI is InChI=1S/C16H20N4O5/c1-9-7-20(15(23)17-13(9)21)12-8-19(5-4-16(12,3)24)14(22)11-6-10(2)25-18-11/h6-7,12,24H,4-5,8H2,1-3H3,(H,17,21,23)/t12-,16-/m1/s1. The van der Waals surface area contributed by atoms with E-state index in [9.17, 15) is 19.5 Å². The highest BCUT2D eigenvalue weighted by atomic mass is 16.5. The Balaban J connectivity index is 1.95. The zero-order chi connectivity index (χ0) is 18.4. The summed E-state index contributed by atoms with van der Waals surface area (Å²) in [5.41, 5.74) is -1.76. The molecule has 0 saturated carbocycles. The number of nitrogens with zero attached hydrogens (tertiary/aromatic N) is 3. The number of H-pyrrole nitrogens is 1. The number of piperidine rings is 1. The van der Waals surface area contributed by atoms with Crippen molar-refractivity contribution in [3.8, 4) is 0 Å². The van der Waals surface area contributed by atoms with Crippen molar-refractivity contribution in [2.45, 2.75) is 38.8 Å². The average Bonchev–Trinajstić information content (AvgIpc) is 2.97. The number of carbonyl (C=O) groups is 1. The van der Waals surface area contributed by atoms with E-state index >= 15 is 0 Å². The van der Waals surface area contributed by atoms with Gasteiger partial charge in [0, 0.05) is 30.9 Å². The van der Waals surface area contributed by atoms with Crippen molar-refractivity contribution in [2.24, 2.45) is 0 Å². The predicted octanol–water partition coefficient (Wildman–Crippen LogP) is -0.0204. The van der Waals surface area contributed by atoms with E-state index in [0.717, 1.165) is 0 Å². The van der Waals surface area contributed by atoms with E-state index in [2.05, 4.69) is 10.1 Å². The summed E-state index contributed by atoms with van der Waals surface area (Å²) in [4.78, 5) is 40.1. The molecule has 9 nitrogen and oxygen atoms in total. The fourth-order valence-electron chi connectivity index (χ4n) is 3.04. The third-order valence-electron chi connectivity index (χ3n) is 4.61. The van der Waals surface area contributed by atoms with Gasteiger partial charge in [0.05, 0.1) is 11.6 Å². The van der Waals surface area contributed by atoms with Crippen LogP contribution >= 0.6 is 0 Å². The van der Waals surface area contributed by atoms with Gasteiger partial charge in [0.1, 0.15) is 5.76 Å². The molecule has 1 aliphatic rings. The van der Waals surface area contributed by atoms with Crippen molar-refractivity contribution in [2.75, 3.05) is 13.1 Å². The second-order valence-electron chi connectivity index (χ2n) is 6.68. The minimum atomic E-state index is -1.20.